The molecular weight excluding hydrogens is 174 g/mol. The van der Waals surface area contributed by atoms with Crippen LogP contribution in [0.2, 0.25) is 0 Å². The summed E-state index contributed by atoms with van der Waals surface area (Å²) in [5, 5.41) is 0. The molecule has 0 aromatic carbocycles. The summed E-state index contributed by atoms with van der Waals surface area (Å²) in [5.74, 6) is 1.19. The Labute approximate surface area is 85.1 Å². The minimum Gasteiger partial charge on any atom is -0.369 e. The lowest BCUT2D eigenvalue weighted by atomic mass is 9.72. The van der Waals surface area contributed by atoms with Crippen LogP contribution in [0, 0.1) is 5.41 Å². The van der Waals surface area contributed by atoms with E-state index in [4.69, 9.17) is 5.73 Å². The largest absolute Gasteiger partial charge is 0.369 e. The maximum atomic E-state index is 5.57. The van der Waals surface area contributed by atoms with Crippen LogP contribution in [0.1, 0.15) is 51.1 Å². The predicted octanol–water partition coefficient (Wildman–Crippen LogP) is 2.68. The van der Waals surface area contributed by atoms with Crippen molar-refractivity contribution in [3.8, 4) is 0 Å². The summed E-state index contributed by atoms with van der Waals surface area (Å²) in [4.78, 5) is 7.19. The van der Waals surface area contributed by atoms with Gasteiger partial charge in [-0.15, -0.1) is 0 Å². The van der Waals surface area contributed by atoms with E-state index >= 15 is 0 Å². The summed E-state index contributed by atoms with van der Waals surface area (Å²) >= 11 is 0. The Balaban J connectivity index is 2.02. The van der Waals surface area contributed by atoms with Gasteiger partial charge in [-0.2, -0.15) is 0 Å². The maximum absolute atomic E-state index is 5.57. The van der Waals surface area contributed by atoms with Crippen molar-refractivity contribution in [3.63, 3.8) is 0 Å². The molecule has 1 aromatic rings. The summed E-state index contributed by atoms with van der Waals surface area (Å²) < 4.78 is 0. The van der Waals surface area contributed by atoms with Crippen LogP contribution in [-0.4, -0.2) is 9.97 Å². The molecule has 0 saturated heterocycles. The van der Waals surface area contributed by atoms with Gasteiger partial charge in [0, 0.05) is 11.6 Å². The number of anilines is 1. The van der Waals surface area contributed by atoms with Crippen molar-refractivity contribution in [1.29, 1.82) is 0 Å². The second-order valence-electron chi connectivity index (χ2n) is 5.16. The lowest BCUT2D eigenvalue weighted by molar-refractivity contribution is 0.223. The van der Waals surface area contributed by atoms with Crippen LogP contribution in [0.15, 0.2) is 6.20 Å². The number of nitrogens with zero attached hydrogens (tertiary/aromatic N) is 1. The molecule has 0 spiro atoms. The number of H-pyrrole nitrogens is 1. The van der Waals surface area contributed by atoms with Gasteiger partial charge in [-0.05, 0) is 31.1 Å². The Morgan fingerprint density at radius 3 is 2.57 bits per heavy atom. The van der Waals surface area contributed by atoms with Gasteiger partial charge in [0.15, 0.2) is 5.95 Å². The summed E-state index contributed by atoms with van der Waals surface area (Å²) in [6.07, 6.45) is 7.01. The fourth-order valence-corrected chi connectivity index (χ4v) is 2.27. The highest BCUT2D eigenvalue weighted by molar-refractivity contribution is 5.21. The van der Waals surface area contributed by atoms with Crippen LogP contribution in [0.5, 0.6) is 0 Å². The molecule has 0 unspecified atom stereocenters. The Hall–Kier alpha value is -0.990. The van der Waals surface area contributed by atoms with E-state index in [1.54, 1.807) is 0 Å². The second kappa shape index (κ2) is 3.30. The molecule has 1 heterocycles. The Morgan fingerprint density at radius 2 is 2.07 bits per heavy atom. The number of imidazole rings is 1. The SMILES string of the molecule is CC1(C)CCC(c2cnc(N)[nH]2)CC1. The molecule has 2 rings (SSSR count). The van der Waals surface area contributed by atoms with Crippen LogP contribution in [0.25, 0.3) is 0 Å². The van der Waals surface area contributed by atoms with Crippen LogP contribution in [-0.2, 0) is 0 Å². The molecule has 3 heteroatoms. The molecule has 1 fully saturated rings. The zero-order chi connectivity index (χ0) is 10.2. The molecular formula is C11H19N3. The highest BCUT2D eigenvalue weighted by Crippen LogP contribution is 2.41. The Morgan fingerprint density at radius 1 is 1.43 bits per heavy atom. The first-order valence-electron chi connectivity index (χ1n) is 5.37. The number of aromatic nitrogens is 2. The third-order valence-electron chi connectivity index (χ3n) is 3.39. The molecule has 1 aliphatic rings. The van der Waals surface area contributed by atoms with E-state index in [9.17, 15) is 0 Å². The molecule has 3 N–H and O–H groups in total. The number of hydrogen-bond acceptors (Lipinski definition) is 2. The standard InChI is InChI=1S/C11H19N3/c1-11(2)5-3-8(4-6-11)9-7-13-10(12)14-9/h7-8H,3-6H2,1-2H3,(H3,12,13,14). The molecule has 1 saturated carbocycles. The number of hydrogen-bond donors (Lipinski definition) is 2. The zero-order valence-electron chi connectivity index (χ0n) is 9.01. The monoisotopic (exact) mass is 193 g/mol. The average molecular weight is 193 g/mol. The lowest BCUT2D eigenvalue weighted by Gasteiger charge is -2.33. The molecule has 0 aliphatic heterocycles. The van der Waals surface area contributed by atoms with Gasteiger partial charge in [0.1, 0.15) is 0 Å². The van der Waals surface area contributed by atoms with Crippen LogP contribution < -0.4 is 5.73 Å². The van der Waals surface area contributed by atoms with Gasteiger partial charge < -0.3 is 10.7 Å². The van der Waals surface area contributed by atoms with E-state index < -0.39 is 0 Å². The average Bonchev–Trinajstić information content (AvgIpc) is 2.52. The topological polar surface area (TPSA) is 54.7 Å². The van der Waals surface area contributed by atoms with E-state index in [1.165, 1.54) is 31.4 Å². The first kappa shape index (κ1) is 9.56. The summed E-state index contributed by atoms with van der Waals surface area (Å²) in [7, 11) is 0. The number of nitrogens with two attached hydrogens (primary N) is 1. The zero-order valence-corrected chi connectivity index (χ0v) is 9.01. The fraction of sp³-hybridized carbons (Fsp3) is 0.727. The minimum atomic E-state index is 0.530. The first-order chi connectivity index (χ1) is 6.57. The highest BCUT2D eigenvalue weighted by atomic mass is 15.0. The number of nitrogen functional groups attached to an aromatic ring is 1. The number of nitrogens with one attached hydrogen (secondary N) is 1. The maximum Gasteiger partial charge on any atom is 0.197 e. The number of aromatic amines is 1. The van der Waals surface area contributed by atoms with E-state index in [1.807, 2.05) is 6.20 Å². The van der Waals surface area contributed by atoms with Crippen molar-refractivity contribution in [2.24, 2.45) is 5.41 Å². The van der Waals surface area contributed by atoms with E-state index in [-0.39, 0.29) is 0 Å². The van der Waals surface area contributed by atoms with Crippen molar-refractivity contribution >= 4 is 5.95 Å². The normalized spacial score (nSPS) is 22.4. The van der Waals surface area contributed by atoms with Crippen molar-refractivity contribution in [2.45, 2.75) is 45.4 Å². The number of rotatable bonds is 1. The second-order valence-corrected chi connectivity index (χ2v) is 5.16. The molecule has 0 radical (unpaired) electrons. The van der Waals surface area contributed by atoms with Gasteiger partial charge in [0.25, 0.3) is 0 Å². The molecule has 0 amide bonds. The smallest absolute Gasteiger partial charge is 0.197 e. The molecule has 0 bridgehead atoms. The quantitative estimate of drug-likeness (QED) is 0.720. The highest BCUT2D eigenvalue weighted by Gasteiger charge is 2.28. The molecule has 1 aromatic heterocycles. The van der Waals surface area contributed by atoms with Gasteiger partial charge in [-0.25, -0.2) is 4.98 Å². The third kappa shape index (κ3) is 1.91. The Kier molecular flexibility index (Phi) is 2.25. The molecule has 3 nitrogen and oxygen atoms in total. The predicted molar refractivity (Wildman–Crippen MR) is 58.0 cm³/mol. The van der Waals surface area contributed by atoms with Gasteiger partial charge in [0.2, 0.25) is 0 Å². The molecule has 0 atom stereocenters. The Bertz CT molecular complexity index is 304. The third-order valence-corrected chi connectivity index (χ3v) is 3.39. The van der Waals surface area contributed by atoms with Crippen molar-refractivity contribution in [1.82, 2.24) is 9.97 Å². The first-order valence-corrected chi connectivity index (χ1v) is 5.37. The van der Waals surface area contributed by atoms with E-state index in [0.717, 1.165) is 0 Å². The molecule has 14 heavy (non-hydrogen) atoms. The molecule has 1 aliphatic carbocycles. The minimum absolute atomic E-state index is 0.530. The van der Waals surface area contributed by atoms with E-state index in [2.05, 4.69) is 23.8 Å². The van der Waals surface area contributed by atoms with Crippen molar-refractivity contribution < 1.29 is 0 Å². The van der Waals surface area contributed by atoms with Gasteiger partial charge in [-0.1, -0.05) is 13.8 Å². The van der Waals surface area contributed by atoms with Crippen LogP contribution >= 0.6 is 0 Å². The summed E-state index contributed by atoms with van der Waals surface area (Å²) in [5.41, 5.74) is 7.32. The fourth-order valence-electron chi connectivity index (χ4n) is 2.27. The molecule has 78 valence electrons. The van der Waals surface area contributed by atoms with E-state index in [0.29, 0.717) is 17.3 Å². The van der Waals surface area contributed by atoms with Crippen LogP contribution in [0.3, 0.4) is 0 Å². The lowest BCUT2D eigenvalue weighted by Crippen LogP contribution is -2.20. The van der Waals surface area contributed by atoms with Gasteiger partial charge in [-0.3, -0.25) is 0 Å². The van der Waals surface area contributed by atoms with Crippen molar-refractivity contribution in [3.05, 3.63) is 11.9 Å². The summed E-state index contributed by atoms with van der Waals surface area (Å²) in [6, 6.07) is 0. The summed E-state index contributed by atoms with van der Waals surface area (Å²) in [6.45, 7) is 4.70. The van der Waals surface area contributed by atoms with Crippen LogP contribution in [0.4, 0.5) is 5.95 Å². The van der Waals surface area contributed by atoms with Gasteiger partial charge in [0.05, 0.1) is 6.20 Å². The van der Waals surface area contributed by atoms with Gasteiger partial charge >= 0.3 is 0 Å². The van der Waals surface area contributed by atoms with Crippen molar-refractivity contribution in [2.75, 3.05) is 5.73 Å².